The summed E-state index contributed by atoms with van der Waals surface area (Å²) in [5.74, 6) is -0.270. The third-order valence-corrected chi connectivity index (χ3v) is 6.76. The van der Waals surface area contributed by atoms with Crippen molar-refractivity contribution in [2.75, 3.05) is 37.6 Å². The van der Waals surface area contributed by atoms with Crippen LogP contribution in [0.4, 0.5) is 10.5 Å². The molecule has 2 fully saturated rings. The van der Waals surface area contributed by atoms with E-state index in [2.05, 4.69) is 24.1 Å². The second kappa shape index (κ2) is 9.06. The molecule has 0 aliphatic carbocycles. The van der Waals surface area contributed by atoms with Gasteiger partial charge in [-0.2, -0.15) is 0 Å². The lowest BCUT2D eigenvalue weighted by molar-refractivity contribution is -0.139. The Morgan fingerprint density at radius 3 is 2.33 bits per heavy atom. The van der Waals surface area contributed by atoms with Crippen LogP contribution in [0, 0.1) is 0 Å². The van der Waals surface area contributed by atoms with Crippen molar-refractivity contribution in [3.05, 3.63) is 64.7 Å². The van der Waals surface area contributed by atoms with Crippen molar-refractivity contribution in [3.8, 4) is 0 Å². The van der Waals surface area contributed by atoms with Crippen LogP contribution in [0.3, 0.4) is 0 Å². The minimum Gasteiger partial charge on any atom is -0.368 e. The first-order chi connectivity index (χ1) is 15.7. The van der Waals surface area contributed by atoms with Crippen LogP contribution in [0.15, 0.2) is 48.5 Å². The maximum atomic E-state index is 13.2. The molecule has 0 radical (unpaired) electrons. The minimum atomic E-state index is -1.18. The maximum Gasteiger partial charge on any atom is 0.325 e. The number of anilines is 1. The number of urea groups is 1. The predicted octanol–water partition coefficient (Wildman–Crippen LogP) is 3.58. The van der Waals surface area contributed by atoms with Crippen molar-refractivity contribution >= 4 is 35.1 Å². The Kier molecular flexibility index (Phi) is 6.34. The molecule has 2 saturated heterocycles. The van der Waals surface area contributed by atoms with Gasteiger partial charge in [-0.3, -0.25) is 14.5 Å². The zero-order valence-electron chi connectivity index (χ0n) is 19.2. The van der Waals surface area contributed by atoms with E-state index in [9.17, 15) is 14.4 Å². The lowest BCUT2D eigenvalue weighted by Crippen LogP contribution is -2.52. The summed E-state index contributed by atoms with van der Waals surface area (Å²) in [5.41, 5.74) is 1.69. The summed E-state index contributed by atoms with van der Waals surface area (Å²) in [6.07, 6.45) is 0. The van der Waals surface area contributed by atoms with Crippen LogP contribution >= 0.6 is 11.6 Å². The highest BCUT2D eigenvalue weighted by Gasteiger charge is 2.49. The van der Waals surface area contributed by atoms with Crippen LogP contribution in [-0.2, 0) is 15.1 Å². The number of rotatable bonds is 5. The quantitative estimate of drug-likeness (QED) is 0.681. The second-order valence-corrected chi connectivity index (χ2v) is 9.51. The van der Waals surface area contributed by atoms with E-state index < -0.39 is 17.5 Å². The van der Waals surface area contributed by atoms with Gasteiger partial charge in [0.05, 0.1) is 0 Å². The summed E-state index contributed by atoms with van der Waals surface area (Å²) >= 11 is 6.09. The van der Waals surface area contributed by atoms with Gasteiger partial charge < -0.3 is 15.1 Å². The highest BCUT2D eigenvalue weighted by Crippen LogP contribution is 2.30. The predicted molar refractivity (Wildman–Crippen MR) is 128 cm³/mol. The topological polar surface area (TPSA) is 73.0 Å². The molecule has 2 heterocycles. The smallest absolute Gasteiger partial charge is 0.325 e. The van der Waals surface area contributed by atoms with E-state index in [-0.39, 0.29) is 12.5 Å². The number of hydrogen-bond acceptors (Lipinski definition) is 4. The molecule has 2 aromatic carbocycles. The molecule has 1 N–H and O–H groups in total. The normalized spacial score (nSPS) is 21.1. The van der Waals surface area contributed by atoms with Crippen LogP contribution < -0.4 is 10.2 Å². The molecule has 0 aromatic heterocycles. The van der Waals surface area contributed by atoms with Gasteiger partial charge in [-0.25, -0.2) is 4.79 Å². The molecule has 7 nitrogen and oxygen atoms in total. The molecule has 174 valence electrons. The minimum absolute atomic E-state index is 0.233. The highest BCUT2D eigenvalue weighted by molar-refractivity contribution is 6.30. The van der Waals surface area contributed by atoms with Gasteiger partial charge in [-0.1, -0.05) is 55.8 Å². The molecule has 4 rings (SSSR count). The van der Waals surface area contributed by atoms with E-state index in [1.807, 2.05) is 48.5 Å². The number of hydrogen-bond donors (Lipinski definition) is 1. The molecular formula is C25H29ClN4O3. The van der Waals surface area contributed by atoms with Crippen molar-refractivity contribution < 1.29 is 14.4 Å². The first-order valence-corrected chi connectivity index (χ1v) is 11.6. The molecule has 2 aliphatic heterocycles. The summed E-state index contributed by atoms with van der Waals surface area (Å²) in [4.78, 5) is 43.7. The van der Waals surface area contributed by atoms with Crippen molar-refractivity contribution in [3.63, 3.8) is 0 Å². The van der Waals surface area contributed by atoms with Gasteiger partial charge in [-0.15, -0.1) is 0 Å². The first-order valence-electron chi connectivity index (χ1n) is 11.2. The van der Waals surface area contributed by atoms with Crippen molar-refractivity contribution in [2.24, 2.45) is 0 Å². The summed E-state index contributed by atoms with van der Waals surface area (Å²) in [6.45, 7) is 7.97. The average molecular weight is 469 g/mol. The number of carbonyl (C=O) groups excluding carboxylic acids is 3. The molecule has 33 heavy (non-hydrogen) atoms. The van der Waals surface area contributed by atoms with E-state index >= 15 is 0 Å². The molecule has 2 aromatic rings. The number of imide groups is 1. The Morgan fingerprint density at radius 1 is 1.06 bits per heavy atom. The SMILES string of the molecule is CC(C)c1ccc(C2(C)NC(=O)N(CC(=O)N3CCN(c4cccc(Cl)c4)CC3)C2=O)cc1. The molecule has 8 heteroatoms. The number of nitrogens with one attached hydrogen (secondary N) is 1. The molecule has 0 saturated carbocycles. The Bertz CT molecular complexity index is 1060. The largest absolute Gasteiger partial charge is 0.368 e. The Labute approximate surface area is 199 Å². The fourth-order valence-corrected chi connectivity index (χ4v) is 4.54. The van der Waals surface area contributed by atoms with Gasteiger partial charge >= 0.3 is 6.03 Å². The number of nitrogens with zero attached hydrogens (tertiary/aromatic N) is 3. The Balaban J connectivity index is 1.39. The zero-order chi connectivity index (χ0) is 23.8. The van der Waals surface area contributed by atoms with Gasteiger partial charge in [0.2, 0.25) is 5.91 Å². The van der Waals surface area contributed by atoms with E-state index in [0.717, 1.165) is 16.2 Å². The van der Waals surface area contributed by atoms with Crippen LogP contribution in [0.25, 0.3) is 0 Å². The molecule has 1 atom stereocenters. The van der Waals surface area contributed by atoms with E-state index in [1.54, 1.807) is 11.8 Å². The third kappa shape index (κ3) is 4.55. The van der Waals surface area contributed by atoms with Crippen LogP contribution in [-0.4, -0.2) is 60.4 Å². The number of piperazine rings is 1. The van der Waals surface area contributed by atoms with Crippen molar-refractivity contribution in [1.29, 1.82) is 0 Å². The maximum absolute atomic E-state index is 13.2. The Hall–Kier alpha value is -3.06. The fourth-order valence-electron chi connectivity index (χ4n) is 4.36. The zero-order valence-corrected chi connectivity index (χ0v) is 19.9. The van der Waals surface area contributed by atoms with Gasteiger partial charge in [0.1, 0.15) is 12.1 Å². The third-order valence-electron chi connectivity index (χ3n) is 6.53. The lowest BCUT2D eigenvalue weighted by atomic mass is 9.90. The van der Waals surface area contributed by atoms with Crippen molar-refractivity contribution in [2.45, 2.75) is 32.2 Å². The van der Waals surface area contributed by atoms with Crippen LogP contribution in [0.2, 0.25) is 5.02 Å². The van der Waals surface area contributed by atoms with Crippen LogP contribution in [0.5, 0.6) is 0 Å². The Morgan fingerprint density at radius 2 is 1.73 bits per heavy atom. The number of benzene rings is 2. The first kappa shape index (κ1) is 23.1. The van der Waals surface area contributed by atoms with E-state index in [1.165, 1.54) is 0 Å². The van der Waals surface area contributed by atoms with Gasteiger partial charge in [0, 0.05) is 36.9 Å². The van der Waals surface area contributed by atoms with Crippen molar-refractivity contribution in [1.82, 2.24) is 15.1 Å². The molecule has 0 spiro atoms. The van der Waals surface area contributed by atoms with Gasteiger partial charge in [0.25, 0.3) is 5.91 Å². The lowest BCUT2D eigenvalue weighted by Gasteiger charge is -2.36. The van der Waals surface area contributed by atoms with E-state index in [0.29, 0.717) is 42.7 Å². The summed E-state index contributed by atoms with van der Waals surface area (Å²) < 4.78 is 0. The summed E-state index contributed by atoms with van der Waals surface area (Å²) in [7, 11) is 0. The summed E-state index contributed by atoms with van der Waals surface area (Å²) in [5, 5.41) is 3.46. The number of halogens is 1. The average Bonchev–Trinajstić information content (AvgIpc) is 3.03. The summed E-state index contributed by atoms with van der Waals surface area (Å²) in [6, 6.07) is 14.8. The fraction of sp³-hybridized carbons (Fsp3) is 0.400. The second-order valence-electron chi connectivity index (χ2n) is 9.07. The molecule has 0 bridgehead atoms. The molecule has 1 unspecified atom stereocenters. The number of carbonyl (C=O) groups is 3. The molecular weight excluding hydrogens is 440 g/mol. The molecule has 2 aliphatic rings. The van der Waals surface area contributed by atoms with Gasteiger partial charge in [0.15, 0.2) is 0 Å². The highest BCUT2D eigenvalue weighted by atomic mass is 35.5. The van der Waals surface area contributed by atoms with Crippen LogP contribution in [0.1, 0.15) is 37.8 Å². The monoisotopic (exact) mass is 468 g/mol. The number of amides is 4. The van der Waals surface area contributed by atoms with E-state index in [4.69, 9.17) is 11.6 Å². The molecule has 4 amide bonds. The standard InChI is InChI=1S/C25H29ClN4O3/c1-17(2)18-7-9-19(10-8-18)25(3)23(32)30(24(33)27-25)16-22(31)29-13-11-28(12-14-29)21-6-4-5-20(26)15-21/h4-10,15,17H,11-14,16H2,1-3H3,(H,27,33). The van der Waals surface area contributed by atoms with Gasteiger partial charge in [-0.05, 0) is 42.2 Å².